The number of amides is 1. The number of hydrogen-bond acceptors (Lipinski definition) is 11. The smallest absolute Gasteiger partial charge is 0.255 e. The number of sulfonamides is 2. The second-order valence-corrected chi connectivity index (χ2v) is 14.8. The zero-order valence-electron chi connectivity index (χ0n) is 23.8. The van der Waals surface area contributed by atoms with Gasteiger partial charge in [0.25, 0.3) is 5.91 Å². The lowest BCUT2D eigenvalue weighted by molar-refractivity contribution is 0.102. The topological polar surface area (TPSA) is 192 Å². The lowest BCUT2D eigenvalue weighted by Crippen LogP contribution is -2.16. The molecule has 0 bridgehead atoms. The average Bonchev–Trinajstić information content (AvgIpc) is 3.36. The van der Waals surface area contributed by atoms with Crippen LogP contribution in [0.3, 0.4) is 0 Å². The van der Waals surface area contributed by atoms with Crippen LogP contribution >= 0.6 is 11.5 Å². The van der Waals surface area contributed by atoms with Crippen LogP contribution in [0.5, 0.6) is 5.75 Å². The number of hydrogen-bond donors (Lipinski definition) is 4. The summed E-state index contributed by atoms with van der Waals surface area (Å²) in [5.74, 6) is -0.397. The fourth-order valence-corrected chi connectivity index (χ4v) is 5.52. The van der Waals surface area contributed by atoms with Gasteiger partial charge < -0.3 is 10.4 Å². The van der Waals surface area contributed by atoms with E-state index in [4.69, 9.17) is 0 Å². The SMILES string of the molecule is CC(C)(C)c1cc(N=Nc2nc(-c3cccc(NS(C)(=O)=O)c3)ns2)cc(NC(=O)c2cccc(NS(C)(=O)=O)c2)c1O. The molecule has 0 radical (unpaired) electrons. The van der Waals surface area contributed by atoms with E-state index in [0.29, 0.717) is 28.3 Å². The normalized spacial score (nSPS) is 12.3. The maximum absolute atomic E-state index is 13.1. The summed E-state index contributed by atoms with van der Waals surface area (Å²) in [7, 11) is -7.00. The molecule has 0 aliphatic carbocycles. The van der Waals surface area contributed by atoms with Gasteiger partial charge in [0.15, 0.2) is 5.82 Å². The van der Waals surface area contributed by atoms with Crippen LogP contribution in [0, 0.1) is 0 Å². The third kappa shape index (κ3) is 8.79. The van der Waals surface area contributed by atoms with Gasteiger partial charge in [0, 0.05) is 39.6 Å². The number of aromatic nitrogens is 2. The predicted octanol–water partition coefficient (Wildman–Crippen LogP) is 5.62. The molecule has 3 aromatic carbocycles. The summed E-state index contributed by atoms with van der Waals surface area (Å²) in [5, 5.41) is 22.4. The third-order valence-electron chi connectivity index (χ3n) is 5.67. The lowest BCUT2D eigenvalue weighted by Gasteiger charge is -2.22. The van der Waals surface area contributed by atoms with E-state index in [9.17, 15) is 26.7 Å². The first-order chi connectivity index (χ1) is 20.0. The molecule has 0 spiro atoms. The fourth-order valence-electron chi connectivity index (χ4n) is 3.89. The number of carbonyl (C=O) groups is 1. The van der Waals surface area contributed by atoms with Gasteiger partial charge in [-0.05, 0) is 47.9 Å². The van der Waals surface area contributed by atoms with Crippen LogP contribution in [0.25, 0.3) is 11.4 Å². The van der Waals surface area contributed by atoms with Crippen molar-refractivity contribution in [1.82, 2.24) is 9.36 Å². The van der Waals surface area contributed by atoms with Crippen LogP contribution in [-0.4, -0.2) is 49.7 Å². The Morgan fingerprint density at radius 1 is 0.884 bits per heavy atom. The molecule has 226 valence electrons. The van der Waals surface area contributed by atoms with Crippen molar-refractivity contribution < 1.29 is 26.7 Å². The van der Waals surface area contributed by atoms with Gasteiger partial charge in [-0.1, -0.05) is 39.0 Å². The van der Waals surface area contributed by atoms with Crippen molar-refractivity contribution in [2.24, 2.45) is 10.2 Å². The zero-order chi connectivity index (χ0) is 31.6. The Balaban J connectivity index is 1.61. The summed E-state index contributed by atoms with van der Waals surface area (Å²) in [4.78, 5) is 17.4. The molecule has 4 aromatic rings. The van der Waals surface area contributed by atoms with Gasteiger partial charge in [-0.3, -0.25) is 14.2 Å². The van der Waals surface area contributed by atoms with Crippen molar-refractivity contribution in [3.8, 4) is 17.1 Å². The minimum Gasteiger partial charge on any atom is -0.505 e. The number of aromatic hydroxyl groups is 1. The quantitative estimate of drug-likeness (QED) is 0.133. The molecule has 0 aliphatic rings. The summed E-state index contributed by atoms with van der Waals surface area (Å²) < 4.78 is 55.3. The fraction of sp³-hybridized carbons (Fsp3) is 0.222. The second kappa shape index (κ2) is 12.1. The first kappa shape index (κ1) is 31.5. The van der Waals surface area contributed by atoms with Gasteiger partial charge in [0.2, 0.25) is 25.2 Å². The van der Waals surface area contributed by atoms with Crippen LogP contribution < -0.4 is 14.8 Å². The van der Waals surface area contributed by atoms with Gasteiger partial charge in [-0.25, -0.2) is 16.8 Å². The zero-order valence-corrected chi connectivity index (χ0v) is 26.2. The van der Waals surface area contributed by atoms with E-state index >= 15 is 0 Å². The second-order valence-electron chi connectivity index (χ2n) is 10.6. The van der Waals surface area contributed by atoms with Gasteiger partial charge in [-0.15, -0.1) is 10.2 Å². The Kier molecular flexibility index (Phi) is 8.84. The van der Waals surface area contributed by atoms with E-state index in [1.165, 1.54) is 30.3 Å². The Bertz CT molecular complexity index is 1930. The Hall–Kier alpha value is -4.41. The maximum Gasteiger partial charge on any atom is 0.255 e. The minimum atomic E-state index is -3.54. The minimum absolute atomic E-state index is 0.0843. The van der Waals surface area contributed by atoms with E-state index in [-0.39, 0.29) is 27.8 Å². The molecule has 0 saturated heterocycles. The molecule has 43 heavy (non-hydrogen) atoms. The number of carbonyl (C=O) groups excluding carboxylic acids is 1. The molecule has 0 unspecified atom stereocenters. The molecular formula is C27H29N7O6S3. The number of benzene rings is 3. The highest BCUT2D eigenvalue weighted by molar-refractivity contribution is 7.92. The van der Waals surface area contributed by atoms with E-state index in [2.05, 4.69) is 34.3 Å². The van der Waals surface area contributed by atoms with Crippen molar-refractivity contribution in [3.05, 3.63) is 71.8 Å². The number of rotatable bonds is 9. The third-order valence-corrected chi connectivity index (χ3v) is 7.48. The molecule has 1 heterocycles. The molecule has 16 heteroatoms. The van der Waals surface area contributed by atoms with Crippen molar-refractivity contribution >= 4 is 65.4 Å². The number of azo groups is 1. The number of nitrogens with zero attached hydrogens (tertiary/aromatic N) is 4. The van der Waals surface area contributed by atoms with Crippen LogP contribution in [0.1, 0.15) is 36.7 Å². The molecule has 0 atom stereocenters. The van der Waals surface area contributed by atoms with Gasteiger partial charge >= 0.3 is 0 Å². The monoisotopic (exact) mass is 643 g/mol. The van der Waals surface area contributed by atoms with Gasteiger partial charge in [0.1, 0.15) is 5.75 Å². The van der Waals surface area contributed by atoms with E-state index in [0.717, 1.165) is 24.0 Å². The van der Waals surface area contributed by atoms with Gasteiger partial charge in [0.05, 0.1) is 23.9 Å². The lowest BCUT2D eigenvalue weighted by atomic mass is 9.85. The van der Waals surface area contributed by atoms with Crippen LogP contribution in [0.2, 0.25) is 0 Å². The molecule has 0 saturated carbocycles. The first-order valence-corrected chi connectivity index (χ1v) is 17.1. The largest absolute Gasteiger partial charge is 0.505 e. The van der Waals surface area contributed by atoms with Crippen LogP contribution in [-0.2, 0) is 25.5 Å². The highest BCUT2D eigenvalue weighted by Crippen LogP contribution is 2.40. The Morgan fingerprint density at radius 3 is 2.14 bits per heavy atom. The summed E-state index contributed by atoms with van der Waals surface area (Å²) in [6.45, 7) is 5.66. The molecule has 4 rings (SSSR count). The van der Waals surface area contributed by atoms with Gasteiger partial charge in [-0.2, -0.15) is 9.36 Å². The molecule has 13 nitrogen and oxygen atoms in total. The van der Waals surface area contributed by atoms with Crippen molar-refractivity contribution in [2.45, 2.75) is 26.2 Å². The highest BCUT2D eigenvalue weighted by atomic mass is 32.2. The van der Waals surface area contributed by atoms with Crippen molar-refractivity contribution in [1.29, 1.82) is 0 Å². The first-order valence-electron chi connectivity index (χ1n) is 12.6. The Morgan fingerprint density at radius 2 is 1.51 bits per heavy atom. The molecule has 0 fully saturated rings. The average molecular weight is 644 g/mol. The Labute approximate surface area is 253 Å². The maximum atomic E-state index is 13.1. The van der Waals surface area contributed by atoms with E-state index < -0.39 is 31.4 Å². The molecule has 1 aromatic heterocycles. The number of anilines is 3. The van der Waals surface area contributed by atoms with E-state index in [1.807, 2.05) is 20.8 Å². The van der Waals surface area contributed by atoms with E-state index in [1.54, 1.807) is 30.3 Å². The highest BCUT2D eigenvalue weighted by Gasteiger charge is 2.23. The summed E-state index contributed by atoms with van der Waals surface area (Å²) in [6, 6.07) is 15.6. The number of phenolic OH excluding ortho intramolecular Hbond substituents is 1. The molecule has 1 amide bonds. The number of phenols is 1. The molecule has 0 aliphatic heterocycles. The van der Waals surface area contributed by atoms with Crippen molar-refractivity contribution in [3.63, 3.8) is 0 Å². The molecular weight excluding hydrogens is 615 g/mol. The molecule has 4 N–H and O–H groups in total. The summed E-state index contributed by atoms with van der Waals surface area (Å²) in [6.07, 6.45) is 2.06. The standard InChI is InChI=1S/C27H29N7O6S3/c1-27(2,3)21-14-20(15-22(23(21)35)28-25(36)17-9-7-11-19(13-17)34-43(5,39)40)30-31-26-29-24(32-41-26)16-8-6-10-18(12-16)33-42(4,37)38/h6-15,33-35H,1-5H3,(H,28,36). The number of nitrogens with one attached hydrogen (secondary N) is 3. The van der Waals surface area contributed by atoms with Crippen molar-refractivity contribution in [2.75, 3.05) is 27.3 Å². The summed E-state index contributed by atoms with van der Waals surface area (Å²) in [5.41, 5.74) is 1.69. The van der Waals surface area contributed by atoms with Crippen LogP contribution in [0.4, 0.5) is 27.9 Å². The predicted molar refractivity (Wildman–Crippen MR) is 168 cm³/mol. The van der Waals surface area contributed by atoms with Crippen LogP contribution in [0.15, 0.2) is 70.9 Å². The summed E-state index contributed by atoms with van der Waals surface area (Å²) >= 11 is 0.985.